The van der Waals surface area contributed by atoms with E-state index >= 15 is 0 Å². The van der Waals surface area contributed by atoms with Crippen molar-refractivity contribution in [2.45, 2.75) is 50.9 Å². The van der Waals surface area contributed by atoms with Gasteiger partial charge in [-0.15, -0.1) is 11.3 Å². The van der Waals surface area contributed by atoms with Crippen LogP contribution in [0.2, 0.25) is 0 Å². The molecule has 4 heterocycles. The van der Waals surface area contributed by atoms with E-state index in [1.165, 1.54) is 0 Å². The Morgan fingerprint density at radius 3 is 2.92 bits per heavy atom. The number of carbonyl (C=O) groups is 1. The number of rotatable bonds is 3. The lowest BCUT2D eigenvalue weighted by molar-refractivity contribution is -0.188. The summed E-state index contributed by atoms with van der Waals surface area (Å²) in [7, 11) is 0. The highest BCUT2D eigenvalue weighted by Gasteiger charge is 2.50. The zero-order chi connectivity index (χ0) is 16.6. The highest BCUT2D eigenvalue weighted by molar-refractivity contribution is 7.09. The molecule has 0 aliphatic carbocycles. The highest BCUT2D eigenvalue weighted by atomic mass is 32.1. The summed E-state index contributed by atoms with van der Waals surface area (Å²) in [5, 5.41) is 3.14. The first-order valence-corrected chi connectivity index (χ1v) is 9.72. The van der Waals surface area contributed by atoms with Crippen LogP contribution in [0.25, 0.3) is 0 Å². The number of hydrogen-bond donors (Lipinski definition) is 0. The van der Waals surface area contributed by atoms with Crippen LogP contribution in [0.5, 0.6) is 0 Å². The molecular formula is C17H25N3O3S. The van der Waals surface area contributed by atoms with Crippen molar-refractivity contribution in [3.05, 3.63) is 16.1 Å². The molecule has 4 rings (SSSR count). The van der Waals surface area contributed by atoms with Crippen LogP contribution < -0.4 is 0 Å². The summed E-state index contributed by atoms with van der Waals surface area (Å²) in [6, 6.07) is 0.183. The molecule has 3 aliphatic rings. The van der Waals surface area contributed by atoms with Gasteiger partial charge in [-0.05, 0) is 26.2 Å². The molecule has 1 spiro atoms. The average molecular weight is 351 g/mol. The molecule has 0 aromatic carbocycles. The number of thiazole rings is 1. The monoisotopic (exact) mass is 351 g/mol. The van der Waals surface area contributed by atoms with Crippen LogP contribution in [0.4, 0.5) is 4.79 Å². The Labute approximate surface area is 146 Å². The summed E-state index contributed by atoms with van der Waals surface area (Å²) in [6.07, 6.45) is 4.26. The minimum Gasteiger partial charge on any atom is -0.372 e. The first-order valence-electron chi connectivity index (χ1n) is 8.84. The van der Waals surface area contributed by atoms with Crippen molar-refractivity contribution in [2.24, 2.45) is 0 Å². The van der Waals surface area contributed by atoms with Crippen LogP contribution >= 0.6 is 11.3 Å². The molecule has 3 saturated heterocycles. The molecular weight excluding hydrogens is 326 g/mol. The number of likely N-dealkylation sites (tertiary alicyclic amines) is 2. The molecule has 1 aromatic heterocycles. The molecule has 1 atom stereocenters. The van der Waals surface area contributed by atoms with Gasteiger partial charge in [0, 0.05) is 31.5 Å². The Balaban J connectivity index is 1.27. The minimum atomic E-state index is -0.184. The van der Waals surface area contributed by atoms with E-state index in [1.807, 2.05) is 16.7 Å². The molecule has 3 aliphatic heterocycles. The van der Waals surface area contributed by atoms with Crippen molar-refractivity contribution in [1.82, 2.24) is 14.8 Å². The molecule has 7 heteroatoms. The number of carbonyl (C=O) groups excluding carboxylic acids is 1. The van der Waals surface area contributed by atoms with E-state index in [9.17, 15) is 4.79 Å². The van der Waals surface area contributed by atoms with E-state index in [2.05, 4.69) is 10.4 Å². The van der Waals surface area contributed by atoms with Crippen molar-refractivity contribution < 1.29 is 14.3 Å². The van der Waals surface area contributed by atoms with E-state index in [1.54, 1.807) is 11.3 Å². The number of aromatic nitrogens is 1. The molecule has 1 unspecified atom stereocenters. The summed E-state index contributed by atoms with van der Waals surface area (Å²) in [6.45, 7) is 6.52. The lowest BCUT2D eigenvalue weighted by atomic mass is 9.85. The number of nitrogens with zero attached hydrogens (tertiary/aromatic N) is 3. The summed E-state index contributed by atoms with van der Waals surface area (Å²) in [5.74, 6) is 0. The van der Waals surface area contributed by atoms with E-state index in [-0.39, 0.29) is 17.7 Å². The Bertz CT molecular complexity index is 594. The fourth-order valence-electron chi connectivity index (χ4n) is 3.92. The first kappa shape index (κ1) is 16.3. The van der Waals surface area contributed by atoms with Gasteiger partial charge < -0.3 is 19.3 Å². The zero-order valence-electron chi connectivity index (χ0n) is 14.2. The fourth-order valence-corrected chi connectivity index (χ4v) is 4.51. The van der Waals surface area contributed by atoms with Gasteiger partial charge in [-0.1, -0.05) is 0 Å². The molecule has 3 fully saturated rings. The van der Waals surface area contributed by atoms with E-state index in [0.29, 0.717) is 26.3 Å². The molecule has 132 valence electrons. The van der Waals surface area contributed by atoms with Crippen molar-refractivity contribution in [1.29, 1.82) is 0 Å². The van der Waals surface area contributed by atoms with Crippen LogP contribution in [0.1, 0.15) is 36.4 Å². The number of amides is 2. The number of aryl methyl sites for hydroxylation is 1. The lowest BCUT2D eigenvalue weighted by Gasteiger charge is -2.53. The molecule has 6 nitrogen and oxygen atoms in total. The van der Waals surface area contributed by atoms with E-state index in [0.717, 1.165) is 49.5 Å². The van der Waals surface area contributed by atoms with Crippen molar-refractivity contribution in [3.8, 4) is 0 Å². The summed E-state index contributed by atoms with van der Waals surface area (Å²) in [4.78, 5) is 20.7. The second-order valence-corrected chi connectivity index (χ2v) is 8.21. The largest absolute Gasteiger partial charge is 0.372 e. The number of ether oxygens (including phenoxy) is 2. The third-order valence-electron chi connectivity index (χ3n) is 5.19. The molecule has 24 heavy (non-hydrogen) atoms. The SMILES string of the molecule is Cc1nc(COC2CCOC3(C2)CN(C(=O)N2CCCC2)C3)cs1. The maximum Gasteiger partial charge on any atom is 0.320 e. The van der Waals surface area contributed by atoms with Gasteiger partial charge in [0.1, 0.15) is 5.60 Å². The Morgan fingerprint density at radius 1 is 1.42 bits per heavy atom. The maximum absolute atomic E-state index is 12.4. The van der Waals surface area contributed by atoms with Gasteiger partial charge in [0.2, 0.25) is 0 Å². The van der Waals surface area contributed by atoms with Gasteiger partial charge in [0.05, 0.1) is 36.5 Å². The van der Waals surface area contributed by atoms with Gasteiger partial charge in [0.15, 0.2) is 0 Å². The molecule has 2 amide bonds. The van der Waals surface area contributed by atoms with E-state index in [4.69, 9.17) is 9.47 Å². The Hall–Kier alpha value is -1.18. The molecule has 0 bridgehead atoms. The lowest BCUT2D eigenvalue weighted by Crippen LogP contribution is -2.68. The molecule has 0 N–H and O–H groups in total. The first-order chi connectivity index (χ1) is 11.6. The third-order valence-corrected chi connectivity index (χ3v) is 6.01. The van der Waals surface area contributed by atoms with Gasteiger partial charge >= 0.3 is 6.03 Å². The summed E-state index contributed by atoms with van der Waals surface area (Å²) < 4.78 is 12.1. The minimum absolute atomic E-state index is 0.183. The van der Waals surface area contributed by atoms with Crippen LogP contribution in [0.15, 0.2) is 5.38 Å². The third kappa shape index (κ3) is 3.30. The smallest absolute Gasteiger partial charge is 0.320 e. The fraction of sp³-hybridized carbons (Fsp3) is 0.765. The van der Waals surface area contributed by atoms with Crippen LogP contribution in [0, 0.1) is 6.92 Å². The number of urea groups is 1. The van der Waals surface area contributed by atoms with Crippen molar-refractivity contribution in [2.75, 3.05) is 32.8 Å². The summed E-state index contributed by atoms with van der Waals surface area (Å²) in [5.41, 5.74) is 0.827. The van der Waals surface area contributed by atoms with Gasteiger partial charge in [-0.25, -0.2) is 9.78 Å². The second-order valence-electron chi connectivity index (χ2n) is 7.15. The quantitative estimate of drug-likeness (QED) is 0.839. The van der Waals surface area contributed by atoms with Gasteiger partial charge in [0.25, 0.3) is 0 Å². The standard InChI is InChI=1S/C17H25N3O3S/c1-13-18-14(10-24-13)9-22-15-4-7-23-17(8-15)11-20(12-17)16(21)19-5-2-3-6-19/h10,15H,2-9,11-12H2,1H3. The molecule has 1 aromatic rings. The highest BCUT2D eigenvalue weighted by Crippen LogP contribution is 2.36. The summed E-state index contributed by atoms with van der Waals surface area (Å²) >= 11 is 1.66. The van der Waals surface area contributed by atoms with Crippen LogP contribution in [-0.2, 0) is 16.1 Å². The zero-order valence-corrected chi connectivity index (χ0v) is 15.0. The van der Waals surface area contributed by atoms with E-state index < -0.39 is 0 Å². The van der Waals surface area contributed by atoms with Gasteiger partial charge in [-0.2, -0.15) is 0 Å². The second kappa shape index (κ2) is 6.61. The maximum atomic E-state index is 12.4. The van der Waals surface area contributed by atoms with Crippen molar-refractivity contribution in [3.63, 3.8) is 0 Å². The van der Waals surface area contributed by atoms with Crippen LogP contribution in [-0.4, -0.2) is 65.3 Å². The van der Waals surface area contributed by atoms with Crippen LogP contribution in [0.3, 0.4) is 0 Å². The normalized spacial score (nSPS) is 26.0. The molecule has 0 radical (unpaired) electrons. The Morgan fingerprint density at radius 2 is 2.21 bits per heavy atom. The average Bonchev–Trinajstić information content (AvgIpc) is 3.22. The number of hydrogen-bond acceptors (Lipinski definition) is 5. The topological polar surface area (TPSA) is 54.9 Å². The predicted octanol–water partition coefficient (Wildman–Crippen LogP) is 2.42. The molecule has 0 saturated carbocycles. The predicted molar refractivity (Wildman–Crippen MR) is 91.1 cm³/mol. The Kier molecular flexibility index (Phi) is 4.49. The van der Waals surface area contributed by atoms with Gasteiger partial charge in [-0.3, -0.25) is 0 Å². The van der Waals surface area contributed by atoms with Crippen molar-refractivity contribution >= 4 is 17.4 Å².